The number of hydrogen-bond acceptors (Lipinski definition) is 4. The summed E-state index contributed by atoms with van der Waals surface area (Å²) >= 11 is 5.14. The number of carbonyl (C=O) groups is 1. The van der Waals surface area contributed by atoms with Gasteiger partial charge in [-0.2, -0.15) is 0 Å². The maximum atomic E-state index is 11.6. The molecule has 0 spiro atoms. The SMILES string of the molecule is CCOc1cc(Br)c(CSCC(=O)NC(C)C)cc1OCC. The van der Waals surface area contributed by atoms with Crippen molar-refractivity contribution in [1.29, 1.82) is 0 Å². The van der Waals surface area contributed by atoms with Gasteiger partial charge in [0, 0.05) is 16.3 Å². The number of rotatable bonds is 9. The molecule has 0 saturated heterocycles. The zero-order chi connectivity index (χ0) is 16.5. The summed E-state index contributed by atoms with van der Waals surface area (Å²) < 4.78 is 12.2. The molecule has 0 heterocycles. The molecule has 0 saturated carbocycles. The summed E-state index contributed by atoms with van der Waals surface area (Å²) in [6.45, 7) is 8.99. The van der Waals surface area contributed by atoms with Crippen LogP contribution in [-0.2, 0) is 10.5 Å². The number of carbonyl (C=O) groups excluding carboxylic acids is 1. The summed E-state index contributed by atoms with van der Waals surface area (Å²) in [6, 6.07) is 4.08. The maximum Gasteiger partial charge on any atom is 0.230 e. The molecule has 22 heavy (non-hydrogen) atoms. The van der Waals surface area contributed by atoms with Crippen molar-refractivity contribution < 1.29 is 14.3 Å². The molecule has 0 unspecified atom stereocenters. The van der Waals surface area contributed by atoms with Crippen LogP contribution in [-0.4, -0.2) is 30.9 Å². The lowest BCUT2D eigenvalue weighted by Crippen LogP contribution is -2.31. The first-order chi connectivity index (χ1) is 10.5. The normalized spacial score (nSPS) is 10.6. The molecule has 124 valence electrons. The quantitative estimate of drug-likeness (QED) is 0.692. The highest BCUT2D eigenvalue weighted by molar-refractivity contribution is 9.10. The average Bonchev–Trinajstić information content (AvgIpc) is 2.43. The molecule has 0 atom stereocenters. The molecule has 1 aromatic carbocycles. The zero-order valence-electron chi connectivity index (χ0n) is 13.6. The van der Waals surface area contributed by atoms with E-state index in [1.165, 1.54) is 0 Å². The van der Waals surface area contributed by atoms with Gasteiger partial charge in [0.05, 0.1) is 19.0 Å². The van der Waals surface area contributed by atoms with E-state index in [1.807, 2.05) is 39.8 Å². The number of amides is 1. The molecule has 1 rings (SSSR count). The number of ether oxygens (including phenoxy) is 2. The number of nitrogens with one attached hydrogen (secondary N) is 1. The topological polar surface area (TPSA) is 47.6 Å². The lowest BCUT2D eigenvalue weighted by molar-refractivity contribution is -0.119. The number of halogens is 1. The van der Waals surface area contributed by atoms with Gasteiger partial charge in [-0.3, -0.25) is 4.79 Å². The van der Waals surface area contributed by atoms with Gasteiger partial charge in [0.2, 0.25) is 5.91 Å². The van der Waals surface area contributed by atoms with Gasteiger partial charge in [-0.25, -0.2) is 0 Å². The second-order valence-corrected chi connectivity index (χ2v) is 6.81. The van der Waals surface area contributed by atoms with Gasteiger partial charge in [-0.1, -0.05) is 15.9 Å². The predicted molar refractivity (Wildman–Crippen MR) is 95.9 cm³/mol. The van der Waals surface area contributed by atoms with Crippen LogP contribution in [0.3, 0.4) is 0 Å². The van der Waals surface area contributed by atoms with Crippen LogP contribution in [0.2, 0.25) is 0 Å². The molecule has 0 aliphatic rings. The van der Waals surface area contributed by atoms with Crippen molar-refractivity contribution in [2.24, 2.45) is 0 Å². The summed E-state index contributed by atoms with van der Waals surface area (Å²) in [4.78, 5) is 11.6. The van der Waals surface area contributed by atoms with Crippen molar-refractivity contribution in [3.63, 3.8) is 0 Å². The molecule has 1 amide bonds. The Bertz CT molecular complexity index is 495. The van der Waals surface area contributed by atoms with E-state index in [-0.39, 0.29) is 11.9 Å². The highest BCUT2D eigenvalue weighted by Gasteiger charge is 2.11. The van der Waals surface area contributed by atoms with Crippen molar-refractivity contribution >= 4 is 33.6 Å². The van der Waals surface area contributed by atoms with Crippen LogP contribution in [0.5, 0.6) is 11.5 Å². The first-order valence-corrected chi connectivity index (χ1v) is 9.37. The minimum absolute atomic E-state index is 0.0621. The maximum absolute atomic E-state index is 11.6. The molecule has 0 fully saturated rings. The zero-order valence-corrected chi connectivity index (χ0v) is 16.0. The monoisotopic (exact) mass is 389 g/mol. The van der Waals surface area contributed by atoms with Gasteiger partial charge in [0.25, 0.3) is 0 Å². The van der Waals surface area contributed by atoms with Crippen molar-refractivity contribution in [1.82, 2.24) is 5.32 Å². The molecule has 0 aliphatic carbocycles. The molecule has 0 bridgehead atoms. The predicted octanol–water partition coefficient (Wildman–Crippen LogP) is 4.00. The molecule has 1 N–H and O–H groups in total. The minimum atomic E-state index is 0.0621. The third kappa shape index (κ3) is 6.48. The van der Waals surface area contributed by atoms with Gasteiger partial charge in [0.15, 0.2) is 11.5 Å². The Balaban J connectivity index is 2.70. The summed E-state index contributed by atoms with van der Waals surface area (Å²) in [7, 11) is 0. The van der Waals surface area contributed by atoms with Crippen LogP contribution in [0, 0.1) is 0 Å². The number of thioether (sulfide) groups is 1. The Hall–Kier alpha value is -0.880. The fourth-order valence-corrected chi connectivity index (χ4v) is 3.32. The van der Waals surface area contributed by atoms with E-state index in [0.717, 1.165) is 27.3 Å². The summed E-state index contributed by atoms with van der Waals surface area (Å²) in [5.41, 5.74) is 1.09. The summed E-state index contributed by atoms with van der Waals surface area (Å²) in [5.74, 6) is 2.73. The molecule has 0 aromatic heterocycles. The van der Waals surface area contributed by atoms with E-state index in [9.17, 15) is 4.79 Å². The number of hydrogen-bond donors (Lipinski definition) is 1. The Labute approximate surface area is 145 Å². The largest absolute Gasteiger partial charge is 0.490 e. The van der Waals surface area contributed by atoms with E-state index in [0.29, 0.717) is 19.0 Å². The second-order valence-electron chi connectivity index (χ2n) is 4.97. The van der Waals surface area contributed by atoms with Gasteiger partial charge < -0.3 is 14.8 Å². The van der Waals surface area contributed by atoms with Gasteiger partial charge in [0.1, 0.15) is 0 Å². The molecule has 4 nitrogen and oxygen atoms in total. The molecular weight excluding hydrogens is 366 g/mol. The Morgan fingerprint density at radius 1 is 1.23 bits per heavy atom. The highest BCUT2D eigenvalue weighted by atomic mass is 79.9. The molecule has 6 heteroatoms. The first kappa shape index (κ1) is 19.2. The highest BCUT2D eigenvalue weighted by Crippen LogP contribution is 2.35. The van der Waals surface area contributed by atoms with E-state index < -0.39 is 0 Å². The van der Waals surface area contributed by atoms with Gasteiger partial charge in [-0.05, 0) is 45.4 Å². The Kier molecular flexibility index (Phi) is 8.71. The summed E-state index contributed by atoms with van der Waals surface area (Å²) in [5, 5.41) is 2.88. The van der Waals surface area contributed by atoms with Gasteiger partial charge >= 0.3 is 0 Å². The lowest BCUT2D eigenvalue weighted by Gasteiger charge is -2.14. The molecule has 1 aromatic rings. The Morgan fingerprint density at radius 3 is 2.36 bits per heavy atom. The molecular formula is C16H24BrNO3S. The van der Waals surface area contributed by atoms with Crippen molar-refractivity contribution in [3.8, 4) is 11.5 Å². The molecule has 0 aliphatic heterocycles. The van der Waals surface area contributed by atoms with Crippen LogP contribution in [0.4, 0.5) is 0 Å². The lowest BCUT2D eigenvalue weighted by atomic mass is 10.2. The van der Waals surface area contributed by atoms with E-state index in [1.54, 1.807) is 11.8 Å². The third-order valence-electron chi connectivity index (χ3n) is 2.65. The Morgan fingerprint density at radius 2 is 1.82 bits per heavy atom. The van der Waals surface area contributed by atoms with Crippen LogP contribution >= 0.6 is 27.7 Å². The molecule has 0 radical (unpaired) electrons. The standard InChI is InChI=1S/C16H24BrNO3S/c1-5-20-14-7-12(13(17)8-15(14)21-6-2)9-22-10-16(19)18-11(3)4/h7-8,11H,5-6,9-10H2,1-4H3,(H,18,19). The fraction of sp³-hybridized carbons (Fsp3) is 0.562. The van der Waals surface area contributed by atoms with Crippen LogP contribution in [0.25, 0.3) is 0 Å². The number of benzene rings is 1. The van der Waals surface area contributed by atoms with Crippen molar-refractivity contribution in [2.75, 3.05) is 19.0 Å². The van der Waals surface area contributed by atoms with Crippen LogP contribution in [0.1, 0.15) is 33.3 Å². The minimum Gasteiger partial charge on any atom is -0.490 e. The van der Waals surface area contributed by atoms with E-state index in [4.69, 9.17) is 9.47 Å². The van der Waals surface area contributed by atoms with E-state index >= 15 is 0 Å². The van der Waals surface area contributed by atoms with E-state index in [2.05, 4.69) is 21.2 Å². The van der Waals surface area contributed by atoms with Crippen LogP contribution in [0.15, 0.2) is 16.6 Å². The van der Waals surface area contributed by atoms with Crippen LogP contribution < -0.4 is 14.8 Å². The smallest absolute Gasteiger partial charge is 0.230 e. The third-order valence-corrected chi connectivity index (χ3v) is 4.37. The fourth-order valence-electron chi connectivity index (χ4n) is 1.84. The van der Waals surface area contributed by atoms with Crippen molar-refractivity contribution in [3.05, 3.63) is 22.2 Å². The van der Waals surface area contributed by atoms with Crippen molar-refractivity contribution in [2.45, 2.75) is 39.5 Å². The second kappa shape index (κ2) is 10.0. The first-order valence-electron chi connectivity index (χ1n) is 7.43. The average molecular weight is 390 g/mol. The van der Waals surface area contributed by atoms with Gasteiger partial charge in [-0.15, -0.1) is 11.8 Å². The summed E-state index contributed by atoms with van der Waals surface area (Å²) in [6.07, 6.45) is 0.